The highest BCUT2D eigenvalue weighted by Gasteiger charge is 2.60. The van der Waals surface area contributed by atoms with E-state index >= 15 is 0 Å². The van der Waals surface area contributed by atoms with Gasteiger partial charge in [0.05, 0.1) is 31.6 Å². The summed E-state index contributed by atoms with van der Waals surface area (Å²) in [6.45, 7) is 1.56. The SMILES string of the molecule is CCS(=N)(=O)c1cc(-c2ccc(C3(C#N)CC3)cc2)cnc1-n1cc2cnc(C(F)(F)C(F)(F)F)cc2n1. The van der Waals surface area contributed by atoms with Gasteiger partial charge in [-0.25, -0.2) is 18.7 Å². The van der Waals surface area contributed by atoms with Gasteiger partial charge in [0.2, 0.25) is 0 Å². The molecule has 1 aromatic carbocycles. The van der Waals surface area contributed by atoms with E-state index in [0.29, 0.717) is 17.2 Å². The molecule has 1 saturated carbocycles. The molecule has 1 aliphatic rings. The topological polar surface area (TPSA) is 108 Å². The molecule has 1 unspecified atom stereocenters. The molecule has 13 heteroatoms. The molecule has 3 heterocycles. The summed E-state index contributed by atoms with van der Waals surface area (Å²) in [4.78, 5) is 7.64. The van der Waals surface area contributed by atoms with Crippen LogP contribution in [0.2, 0.25) is 0 Å². The van der Waals surface area contributed by atoms with E-state index in [1.165, 1.54) is 18.5 Å². The number of rotatable bonds is 6. The summed E-state index contributed by atoms with van der Waals surface area (Å²) in [5, 5.41) is 13.6. The van der Waals surface area contributed by atoms with Crippen molar-refractivity contribution in [2.45, 2.75) is 42.2 Å². The Hall–Kier alpha value is -3.92. The molecular weight excluding hydrogens is 527 g/mol. The highest BCUT2D eigenvalue weighted by atomic mass is 32.2. The van der Waals surface area contributed by atoms with Gasteiger partial charge in [0.25, 0.3) is 0 Å². The largest absolute Gasteiger partial charge is 0.459 e. The molecule has 1 atom stereocenters. The predicted octanol–water partition coefficient (Wildman–Crippen LogP) is 6.12. The number of alkyl halides is 5. The van der Waals surface area contributed by atoms with Gasteiger partial charge in [-0.15, -0.1) is 0 Å². The van der Waals surface area contributed by atoms with Crippen LogP contribution in [0.15, 0.2) is 59.9 Å². The zero-order valence-corrected chi connectivity index (χ0v) is 20.6. The number of fused-ring (bicyclic) bond motifs is 1. The van der Waals surface area contributed by atoms with E-state index < -0.39 is 32.9 Å². The van der Waals surface area contributed by atoms with E-state index in [0.717, 1.165) is 29.3 Å². The maximum atomic E-state index is 13.8. The molecule has 0 amide bonds. The Labute approximate surface area is 213 Å². The van der Waals surface area contributed by atoms with Crippen LogP contribution < -0.4 is 0 Å². The second-order valence-electron chi connectivity index (χ2n) is 9.06. The number of nitriles is 1. The predicted molar refractivity (Wildman–Crippen MR) is 128 cm³/mol. The van der Waals surface area contributed by atoms with E-state index in [1.807, 2.05) is 12.1 Å². The van der Waals surface area contributed by atoms with E-state index in [4.69, 9.17) is 4.78 Å². The van der Waals surface area contributed by atoms with Crippen LogP contribution in [0.25, 0.3) is 27.8 Å². The average molecular weight is 547 g/mol. The molecule has 5 rings (SSSR count). The number of hydrogen-bond donors (Lipinski definition) is 1. The summed E-state index contributed by atoms with van der Waals surface area (Å²) < 4.78 is 88.7. The van der Waals surface area contributed by atoms with Gasteiger partial charge >= 0.3 is 12.1 Å². The highest BCUT2D eigenvalue weighted by Crippen LogP contribution is 2.48. The molecule has 3 aromatic heterocycles. The van der Waals surface area contributed by atoms with Crippen molar-refractivity contribution in [1.82, 2.24) is 19.7 Å². The normalized spacial score (nSPS) is 16.7. The number of nitrogens with one attached hydrogen (secondary N) is 1. The monoisotopic (exact) mass is 546 g/mol. The van der Waals surface area contributed by atoms with E-state index in [2.05, 4.69) is 21.1 Å². The van der Waals surface area contributed by atoms with Gasteiger partial charge in [-0.1, -0.05) is 31.2 Å². The molecule has 4 aromatic rings. The first kappa shape index (κ1) is 25.7. The molecule has 0 aliphatic heterocycles. The van der Waals surface area contributed by atoms with Gasteiger partial charge in [-0.2, -0.15) is 32.3 Å². The van der Waals surface area contributed by atoms with Crippen molar-refractivity contribution in [2.75, 3.05) is 5.75 Å². The minimum absolute atomic E-state index is 0.0195. The van der Waals surface area contributed by atoms with Crippen molar-refractivity contribution < 1.29 is 26.2 Å². The molecule has 7 nitrogen and oxygen atoms in total. The van der Waals surface area contributed by atoms with Crippen LogP contribution in [0, 0.1) is 16.1 Å². The van der Waals surface area contributed by atoms with Gasteiger partial charge in [0.15, 0.2) is 5.82 Å². The third-order valence-corrected chi connectivity index (χ3v) is 8.44. The van der Waals surface area contributed by atoms with Crippen LogP contribution in [0.1, 0.15) is 31.0 Å². The fourth-order valence-corrected chi connectivity index (χ4v) is 5.15. The van der Waals surface area contributed by atoms with Crippen molar-refractivity contribution in [3.8, 4) is 23.0 Å². The quantitative estimate of drug-likeness (QED) is 0.293. The summed E-state index contributed by atoms with van der Waals surface area (Å²) in [6, 6.07) is 11.7. The zero-order chi connectivity index (χ0) is 27.5. The lowest BCUT2D eigenvalue weighted by atomic mass is 9.95. The lowest BCUT2D eigenvalue weighted by Gasteiger charge is -2.18. The lowest BCUT2D eigenvalue weighted by Crippen LogP contribution is -2.34. The number of halogens is 5. The van der Waals surface area contributed by atoms with Crippen molar-refractivity contribution in [3.63, 3.8) is 0 Å². The lowest BCUT2D eigenvalue weighted by molar-refractivity contribution is -0.290. The fraction of sp³-hybridized carbons (Fsp3) is 0.280. The van der Waals surface area contributed by atoms with Gasteiger partial charge in [-0.3, -0.25) is 4.98 Å². The summed E-state index contributed by atoms with van der Waals surface area (Å²) in [6.07, 6.45) is -0.627. The molecule has 1 fully saturated rings. The Kier molecular flexibility index (Phi) is 5.79. The van der Waals surface area contributed by atoms with E-state index in [-0.39, 0.29) is 27.4 Å². The minimum atomic E-state index is -5.83. The molecule has 0 radical (unpaired) electrons. The maximum absolute atomic E-state index is 13.8. The zero-order valence-electron chi connectivity index (χ0n) is 19.8. The summed E-state index contributed by atoms with van der Waals surface area (Å²) in [5.74, 6) is -5.25. The molecule has 1 aliphatic carbocycles. The number of nitrogens with zero attached hydrogens (tertiary/aromatic N) is 5. The molecule has 196 valence electrons. The fourth-order valence-electron chi connectivity index (χ4n) is 4.08. The van der Waals surface area contributed by atoms with Crippen molar-refractivity contribution in [1.29, 1.82) is 10.0 Å². The molecule has 0 saturated heterocycles. The van der Waals surface area contributed by atoms with Crippen LogP contribution in [0.4, 0.5) is 22.0 Å². The van der Waals surface area contributed by atoms with Crippen LogP contribution in [0.5, 0.6) is 0 Å². The molecule has 38 heavy (non-hydrogen) atoms. The van der Waals surface area contributed by atoms with Gasteiger partial charge < -0.3 is 0 Å². The van der Waals surface area contributed by atoms with Crippen LogP contribution in [0.3, 0.4) is 0 Å². The third-order valence-electron chi connectivity index (χ3n) is 6.61. The first-order chi connectivity index (χ1) is 17.8. The first-order valence-electron chi connectivity index (χ1n) is 11.4. The molecule has 0 bridgehead atoms. The summed E-state index contributed by atoms with van der Waals surface area (Å²) in [7, 11) is -3.37. The summed E-state index contributed by atoms with van der Waals surface area (Å²) >= 11 is 0. The van der Waals surface area contributed by atoms with Crippen molar-refractivity contribution in [3.05, 3.63) is 66.2 Å². The highest BCUT2D eigenvalue weighted by molar-refractivity contribution is 7.92. The number of pyridine rings is 2. The second kappa shape index (κ2) is 8.56. The smallest absolute Gasteiger partial charge is 0.254 e. The van der Waals surface area contributed by atoms with E-state index in [9.17, 15) is 31.4 Å². The molecule has 1 N–H and O–H groups in total. The number of benzene rings is 1. The number of hydrogen-bond acceptors (Lipinski definition) is 6. The van der Waals surface area contributed by atoms with E-state index in [1.54, 1.807) is 19.1 Å². The Balaban J connectivity index is 1.58. The van der Waals surface area contributed by atoms with Crippen molar-refractivity contribution >= 4 is 20.6 Å². The standard InChI is InChI=1S/C25H19F5N6OS/c1-2-38(32,37)20-9-16(15-3-5-18(6-4-15)23(14-31)7-8-23)11-34-22(20)36-13-17-12-33-21(10-19(17)35-36)24(26,27)25(28,29)30/h3-6,9-13,32H,2,7-8H2,1H3. The third kappa shape index (κ3) is 4.18. The average Bonchev–Trinajstić information content (AvgIpc) is 3.58. The van der Waals surface area contributed by atoms with Crippen LogP contribution >= 0.6 is 0 Å². The Bertz CT molecular complexity index is 1700. The maximum Gasteiger partial charge on any atom is 0.459 e. The van der Waals surface area contributed by atoms with Crippen LogP contribution in [-0.2, 0) is 21.1 Å². The first-order valence-corrected chi connectivity index (χ1v) is 13.1. The van der Waals surface area contributed by atoms with Crippen LogP contribution in [-0.4, -0.2) is 35.9 Å². The van der Waals surface area contributed by atoms with Crippen molar-refractivity contribution in [2.24, 2.45) is 0 Å². The van der Waals surface area contributed by atoms with Gasteiger partial charge in [-0.05, 0) is 36.1 Å². The summed E-state index contributed by atoms with van der Waals surface area (Å²) in [5.41, 5.74) is 0.00476. The molecular formula is C25H19F5N6OS. The Morgan fingerprint density at radius 3 is 2.34 bits per heavy atom. The second-order valence-corrected chi connectivity index (χ2v) is 11.4. The minimum Gasteiger partial charge on any atom is -0.254 e. The Morgan fingerprint density at radius 2 is 1.76 bits per heavy atom. The number of aromatic nitrogens is 4. The van der Waals surface area contributed by atoms with Gasteiger partial charge in [0, 0.05) is 35.3 Å². The molecule has 0 spiro atoms. The Morgan fingerprint density at radius 1 is 1.08 bits per heavy atom. The van der Waals surface area contributed by atoms with Gasteiger partial charge in [0.1, 0.15) is 5.69 Å².